The lowest BCUT2D eigenvalue weighted by Gasteiger charge is -2.32. The molecule has 2 aromatic heterocycles. The van der Waals surface area contributed by atoms with Crippen molar-refractivity contribution in [2.75, 3.05) is 25.5 Å². The zero-order valence-electron chi connectivity index (χ0n) is 13.1. The lowest BCUT2D eigenvalue weighted by atomic mass is 10.0. The van der Waals surface area contributed by atoms with Crippen LogP contribution in [0.2, 0.25) is 0 Å². The first-order chi connectivity index (χ1) is 10.1. The van der Waals surface area contributed by atoms with Crippen molar-refractivity contribution in [3.8, 4) is 0 Å². The predicted octanol–water partition coefficient (Wildman–Crippen LogP) is 2.54. The van der Waals surface area contributed by atoms with E-state index in [1.54, 1.807) is 6.33 Å². The van der Waals surface area contributed by atoms with E-state index in [1.165, 1.54) is 31.4 Å². The molecule has 0 spiro atoms. The van der Waals surface area contributed by atoms with E-state index in [0.29, 0.717) is 6.04 Å². The van der Waals surface area contributed by atoms with Gasteiger partial charge in [0.25, 0.3) is 0 Å². The fourth-order valence-corrected chi connectivity index (χ4v) is 3.16. The van der Waals surface area contributed by atoms with Gasteiger partial charge >= 0.3 is 0 Å². The molecule has 2 aromatic rings. The Morgan fingerprint density at radius 1 is 1.29 bits per heavy atom. The van der Waals surface area contributed by atoms with E-state index >= 15 is 0 Å². The molecule has 0 amide bonds. The maximum Gasteiger partial charge on any atom is 0.165 e. The molecular formula is C16H23N5. The summed E-state index contributed by atoms with van der Waals surface area (Å²) in [6, 6.07) is 2.67. The van der Waals surface area contributed by atoms with Crippen LogP contribution < -0.4 is 5.32 Å². The van der Waals surface area contributed by atoms with Crippen molar-refractivity contribution in [3.05, 3.63) is 23.7 Å². The van der Waals surface area contributed by atoms with Crippen molar-refractivity contribution >= 4 is 16.9 Å². The van der Waals surface area contributed by atoms with E-state index in [-0.39, 0.29) is 0 Å². The maximum atomic E-state index is 4.51. The fraction of sp³-hybridized carbons (Fsp3) is 0.562. The third-order valence-electron chi connectivity index (χ3n) is 4.36. The van der Waals surface area contributed by atoms with Crippen LogP contribution in [0.5, 0.6) is 0 Å². The zero-order valence-corrected chi connectivity index (χ0v) is 13.1. The van der Waals surface area contributed by atoms with Gasteiger partial charge in [-0.05, 0) is 51.9 Å². The number of nitrogens with zero attached hydrogens (tertiary/aromatic N) is 4. The molecule has 3 rings (SSSR count). The van der Waals surface area contributed by atoms with Crippen LogP contribution in [0.3, 0.4) is 0 Å². The Kier molecular flexibility index (Phi) is 4.01. The highest BCUT2D eigenvalue weighted by Gasteiger charge is 2.19. The quantitative estimate of drug-likeness (QED) is 0.939. The maximum absolute atomic E-state index is 4.51. The van der Waals surface area contributed by atoms with Gasteiger partial charge in [0.1, 0.15) is 12.1 Å². The lowest BCUT2D eigenvalue weighted by Crippen LogP contribution is -2.40. The van der Waals surface area contributed by atoms with Crippen LogP contribution in [-0.2, 0) is 0 Å². The van der Waals surface area contributed by atoms with Crippen molar-refractivity contribution in [2.45, 2.75) is 39.2 Å². The average Bonchev–Trinajstić information content (AvgIpc) is 2.45. The molecule has 5 nitrogen and oxygen atoms in total. The van der Waals surface area contributed by atoms with Gasteiger partial charge < -0.3 is 10.2 Å². The summed E-state index contributed by atoms with van der Waals surface area (Å²) in [5.74, 6) is 0.906. The van der Waals surface area contributed by atoms with Gasteiger partial charge in [-0.1, -0.05) is 6.42 Å². The second-order valence-electron chi connectivity index (χ2n) is 6.01. The normalized spacial score (nSPS) is 19.9. The van der Waals surface area contributed by atoms with E-state index in [0.717, 1.165) is 29.1 Å². The number of anilines is 1. The zero-order chi connectivity index (χ0) is 14.8. The molecule has 0 bridgehead atoms. The number of fused-ring (bicyclic) bond motifs is 1. The van der Waals surface area contributed by atoms with Gasteiger partial charge in [0.05, 0.1) is 5.39 Å². The number of likely N-dealkylation sites (tertiary alicyclic amines) is 1. The predicted molar refractivity (Wildman–Crippen MR) is 85.6 cm³/mol. The summed E-state index contributed by atoms with van der Waals surface area (Å²) >= 11 is 0. The van der Waals surface area contributed by atoms with Gasteiger partial charge in [-0.2, -0.15) is 0 Å². The van der Waals surface area contributed by atoms with Gasteiger partial charge in [-0.15, -0.1) is 0 Å². The van der Waals surface area contributed by atoms with Gasteiger partial charge in [0.2, 0.25) is 0 Å². The van der Waals surface area contributed by atoms with E-state index in [2.05, 4.69) is 45.2 Å². The number of aromatic nitrogens is 3. The van der Waals surface area contributed by atoms with Crippen molar-refractivity contribution in [3.63, 3.8) is 0 Å². The average molecular weight is 285 g/mol. The van der Waals surface area contributed by atoms with Gasteiger partial charge in [-0.3, -0.25) is 0 Å². The number of pyridine rings is 1. The molecular weight excluding hydrogens is 262 g/mol. The number of likely N-dealkylation sites (N-methyl/N-ethyl adjacent to an activating group) is 1. The Labute approximate surface area is 125 Å². The van der Waals surface area contributed by atoms with Crippen LogP contribution in [-0.4, -0.2) is 46.0 Å². The Balaban J connectivity index is 1.84. The number of hydrogen-bond acceptors (Lipinski definition) is 5. The Morgan fingerprint density at radius 2 is 2.14 bits per heavy atom. The summed E-state index contributed by atoms with van der Waals surface area (Å²) in [5.41, 5.74) is 2.95. The van der Waals surface area contributed by atoms with E-state index in [9.17, 15) is 0 Å². The van der Waals surface area contributed by atoms with Gasteiger partial charge in [-0.25, -0.2) is 15.0 Å². The smallest absolute Gasteiger partial charge is 0.165 e. The number of rotatable bonds is 3. The topological polar surface area (TPSA) is 53.9 Å². The molecule has 1 aliphatic heterocycles. The summed E-state index contributed by atoms with van der Waals surface area (Å²) in [5, 5.41) is 4.56. The lowest BCUT2D eigenvalue weighted by molar-refractivity contribution is 0.194. The highest BCUT2D eigenvalue weighted by Crippen LogP contribution is 2.23. The fourth-order valence-electron chi connectivity index (χ4n) is 3.16. The van der Waals surface area contributed by atoms with Crippen molar-refractivity contribution in [2.24, 2.45) is 0 Å². The molecule has 0 aromatic carbocycles. The molecule has 3 heterocycles. The first kappa shape index (κ1) is 14.2. The molecule has 5 heteroatoms. The Morgan fingerprint density at radius 3 is 2.95 bits per heavy atom. The minimum absolute atomic E-state index is 0.586. The summed E-state index contributed by atoms with van der Waals surface area (Å²) in [6.07, 6.45) is 5.48. The van der Waals surface area contributed by atoms with E-state index in [1.807, 2.05) is 6.92 Å². The molecule has 21 heavy (non-hydrogen) atoms. The second-order valence-corrected chi connectivity index (χ2v) is 6.01. The first-order valence-corrected chi connectivity index (χ1v) is 7.68. The molecule has 1 N–H and O–H groups in total. The van der Waals surface area contributed by atoms with Crippen LogP contribution in [0.15, 0.2) is 12.4 Å². The van der Waals surface area contributed by atoms with Crippen LogP contribution in [0.4, 0.5) is 5.82 Å². The SMILES string of the molecule is Cc1cc(C)c2c(NCC3CCCCN3C)ncnc2n1. The number of nitrogens with one attached hydrogen (secondary N) is 1. The largest absolute Gasteiger partial charge is 0.368 e. The highest BCUT2D eigenvalue weighted by atomic mass is 15.2. The monoisotopic (exact) mass is 285 g/mol. The standard InChI is InChI=1S/C16H23N5/c1-11-8-12(2)20-16-14(11)15(18-10-19-16)17-9-13-6-4-5-7-21(13)3/h8,10,13H,4-7,9H2,1-3H3,(H,17,18,19,20). The molecule has 0 aliphatic carbocycles. The molecule has 112 valence electrons. The van der Waals surface area contributed by atoms with Gasteiger partial charge in [0, 0.05) is 18.3 Å². The van der Waals surface area contributed by atoms with Crippen molar-refractivity contribution in [1.82, 2.24) is 19.9 Å². The van der Waals surface area contributed by atoms with Crippen LogP contribution >= 0.6 is 0 Å². The molecule has 0 radical (unpaired) electrons. The number of aryl methyl sites for hydroxylation is 2. The summed E-state index contributed by atoms with van der Waals surface area (Å²) in [6.45, 7) is 6.21. The number of hydrogen-bond donors (Lipinski definition) is 1. The van der Waals surface area contributed by atoms with Crippen LogP contribution in [0.25, 0.3) is 11.0 Å². The summed E-state index contributed by atoms with van der Waals surface area (Å²) in [4.78, 5) is 15.7. The Bertz CT molecular complexity index is 640. The number of piperidine rings is 1. The summed E-state index contributed by atoms with van der Waals surface area (Å²) in [7, 11) is 2.21. The van der Waals surface area contributed by atoms with Crippen LogP contribution in [0.1, 0.15) is 30.5 Å². The minimum Gasteiger partial charge on any atom is -0.368 e. The molecule has 1 saturated heterocycles. The molecule has 1 aliphatic rings. The molecule has 1 fully saturated rings. The molecule has 1 unspecified atom stereocenters. The van der Waals surface area contributed by atoms with E-state index in [4.69, 9.17) is 0 Å². The molecule has 1 atom stereocenters. The van der Waals surface area contributed by atoms with Crippen molar-refractivity contribution in [1.29, 1.82) is 0 Å². The third kappa shape index (κ3) is 2.97. The van der Waals surface area contributed by atoms with Gasteiger partial charge in [0.15, 0.2) is 5.65 Å². The first-order valence-electron chi connectivity index (χ1n) is 7.68. The minimum atomic E-state index is 0.586. The highest BCUT2D eigenvalue weighted by molar-refractivity contribution is 5.89. The van der Waals surface area contributed by atoms with Crippen molar-refractivity contribution < 1.29 is 0 Å². The summed E-state index contributed by atoms with van der Waals surface area (Å²) < 4.78 is 0. The van der Waals surface area contributed by atoms with Crippen LogP contribution in [0, 0.1) is 13.8 Å². The molecule has 0 saturated carbocycles. The Hall–Kier alpha value is -1.75. The second kappa shape index (κ2) is 5.93. The van der Waals surface area contributed by atoms with E-state index < -0.39 is 0 Å². The third-order valence-corrected chi connectivity index (χ3v) is 4.36.